The number of nitrogens with one attached hydrogen (secondary N) is 1. The molecule has 42 heavy (non-hydrogen) atoms. The maximum Gasteiger partial charge on any atom is 0.480 e. The molecule has 2 aliphatic heterocycles. The predicted octanol–water partition coefficient (Wildman–Crippen LogP) is 1.96. The number of halogens is 1. The van der Waals surface area contributed by atoms with E-state index in [1.807, 2.05) is 0 Å². The highest BCUT2D eigenvalue weighted by Gasteiger charge is 2.59. The number of rotatable bonds is 11. The molecule has 1 fully saturated rings. The lowest BCUT2D eigenvalue weighted by Gasteiger charge is -2.31. The zero-order valence-corrected chi connectivity index (χ0v) is 25.3. The fourth-order valence-electron chi connectivity index (χ4n) is 3.89. The molecular formula is C25H37FN3O12P. The SMILES string of the molecule is Cc1nc2c(c(=O)[nH]1)N=CC2[C@@H]1O[C@](CO)(COP(=O)(OCOC(=O)C(C)(C)C)OCOC(=O)C(C)(C)C)[C@@H](O)[C@H]1F. The number of ether oxygens (including phenoxy) is 3. The second-order valence-corrected chi connectivity index (χ2v) is 13.6. The number of nitrogens with zero attached hydrogens (tertiary/aromatic N) is 2. The number of aliphatic hydroxyl groups excluding tert-OH is 2. The normalized spacial score (nSPS) is 25.9. The monoisotopic (exact) mass is 621 g/mol. The summed E-state index contributed by atoms with van der Waals surface area (Å²) in [5, 5.41) is 21.0. The smallest absolute Gasteiger partial charge is 0.437 e. The standard InChI is InChI=1S/C25H37FN3O12P/c1-13-28-16-14(8-27-17(16)20(32)29-13)18-15(26)19(31)25(9-30,41-18)10-38-42(35,39-11-36-21(33)23(2,3)4)40-12-37-22(34)24(5,6)7/h8,14-15,18-19,30-31H,9-12H2,1-7H3,(H,28,29,32)/t14?,15-,18-,19-,25+/m0/s1. The van der Waals surface area contributed by atoms with Gasteiger partial charge in [-0.15, -0.1) is 0 Å². The van der Waals surface area contributed by atoms with Crippen molar-refractivity contribution in [3.63, 3.8) is 0 Å². The van der Waals surface area contributed by atoms with Crippen LogP contribution in [-0.4, -0.2) is 89.1 Å². The lowest BCUT2D eigenvalue weighted by atomic mass is 9.92. The van der Waals surface area contributed by atoms with Crippen LogP contribution in [0.3, 0.4) is 0 Å². The molecule has 0 amide bonds. The van der Waals surface area contributed by atoms with E-state index in [9.17, 15) is 29.2 Å². The topological polar surface area (TPSA) is 205 Å². The Bertz CT molecular complexity index is 1270. The average Bonchev–Trinajstić information content (AvgIpc) is 3.41. The maximum absolute atomic E-state index is 15.5. The number of aromatic amines is 1. The van der Waals surface area contributed by atoms with Gasteiger partial charge >= 0.3 is 19.8 Å². The highest BCUT2D eigenvalue weighted by Crippen LogP contribution is 2.52. The molecule has 1 aromatic rings. The third kappa shape index (κ3) is 7.48. The van der Waals surface area contributed by atoms with Crippen LogP contribution >= 0.6 is 7.82 Å². The molecule has 0 aliphatic carbocycles. The molecule has 1 aromatic heterocycles. The van der Waals surface area contributed by atoms with Crippen molar-refractivity contribution in [3.8, 4) is 0 Å². The Morgan fingerprint density at radius 2 is 1.64 bits per heavy atom. The summed E-state index contributed by atoms with van der Waals surface area (Å²) < 4.78 is 60.0. The molecule has 1 unspecified atom stereocenters. The number of aryl methyl sites for hydroxylation is 1. The molecular weight excluding hydrogens is 584 g/mol. The lowest BCUT2D eigenvalue weighted by Crippen LogP contribution is -2.49. The van der Waals surface area contributed by atoms with Gasteiger partial charge in [-0.3, -0.25) is 23.9 Å². The van der Waals surface area contributed by atoms with E-state index in [4.69, 9.17) is 27.8 Å². The Morgan fingerprint density at radius 1 is 1.10 bits per heavy atom. The van der Waals surface area contributed by atoms with Crippen LogP contribution in [0.1, 0.15) is 59.0 Å². The van der Waals surface area contributed by atoms with E-state index in [2.05, 4.69) is 15.0 Å². The number of carbonyl (C=O) groups excluding carboxylic acids is 2. The number of fused-ring (bicyclic) bond motifs is 1. The van der Waals surface area contributed by atoms with Gasteiger partial charge < -0.3 is 29.4 Å². The van der Waals surface area contributed by atoms with Gasteiger partial charge in [0.2, 0.25) is 13.6 Å². The van der Waals surface area contributed by atoms with Gasteiger partial charge in [-0.2, -0.15) is 0 Å². The highest BCUT2D eigenvalue weighted by molar-refractivity contribution is 7.48. The van der Waals surface area contributed by atoms with E-state index in [0.29, 0.717) is 0 Å². The Kier molecular flexibility index (Phi) is 10.1. The second kappa shape index (κ2) is 12.6. The van der Waals surface area contributed by atoms with Crippen molar-refractivity contribution in [2.45, 2.75) is 78.4 Å². The summed E-state index contributed by atoms with van der Waals surface area (Å²) >= 11 is 0. The number of aromatic nitrogens is 2. The van der Waals surface area contributed by atoms with Crippen LogP contribution in [0.2, 0.25) is 0 Å². The van der Waals surface area contributed by atoms with E-state index in [0.717, 1.165) is 0 Å². The molecule has 0 bridgehead atoms. The van der Waals surface area contributed by atoms with Crippen LogP contribution in [0.15, 0.2) is 9.79 Å². The first-order chi connectivity index (χ1) is 19.3. The molecule has 1 saturated heterocycles. The summed E-state index contributed by atoms with van der Waals surface area (Å²) in [5.41, 5.74) is -4.52. The number of phosphoric ester groups is 1. The van der Waals surface area contributed by atoms with Crippen LogP contribution in [0, 0.1) is 17.8 Å². The number of alkyl halides is 1. The first kappa shape index (κ1) is 33.9. The molecule has 0 aromatic carbocycles. The third-order valence-electron chi connectivity index (χ3n) is 6.36. The van der Waals surface area contributed by atoms with E-state index in [1.54, 1.807) is 41.5 Å². The van der Waals surface area contributed by atoms with Crippen molar-refractivity contribution in [2.24, 2.45) is 15.8 Å². The molecule has 3 N–H and O–H groups in total. The predicted molar refractivity (Wildman–Crippen MR) is 143 cm³/mol. The summed E-state index contributed by atoms with van der Waals surface area (Å²) in [6, 6.07) is 0. The molecule has 15 nitrogen and oxygen atoms in total. The summed E-state index contributed by atoms with van der Waals surface area (Å²) in [6.45, 7) is 7.19. The number of hydrogen-bond donors (Lipinski definition) is 3. The Morgan fingerprint density at radius 3 is 2.14 bits per heavy atom. The number of H-pyrrole nitrogens is 1. The third-order valence-corrected chi connectivity index (χ3v) is 7.65. The van der Waals surface area contributed by atoms with Crippen molar-refractivity contribution < 1.29 is 56.5 Å². The van der Waals surface area contributed by atoms with Gasteiger partial charge in [0.25, 0.3) is 5.56 Å². The fraction of sp³-hybridized carbons (Fsp3) is 0.720. The maximum atomic E-state index is 15.5. The summed E-state index contributed by atoms with van der Waals surface area (Å²) in [6.07, 6.45) is -4.38. The average molecular weight is 622 g/mol. The Hall–Kier alpha value is -2.59. The van der Waals surface area contributed by atoms with Crippen molar-refractivity contribution in [1.82, 2.24) is 9.97 Å². The molecule has 3 heterocycles. The molecule has 2 aliphatic rings. The zero-order valence-electron chi connectivity index (χ0n) is 24.4. The number of aliphatic imine (C=N–C) groups is 1. The zero-order chi connectivity index (χ0) is 31.7. The van der Waals surface area contributed by atoms with Gasteiger partial charge in [-0.25, -0.2) is 23.0 Å². The van der Waals surface area contributed by atoms with E-state index < -0.39 is 92.8 Å². The number of carbonyl (C=O) groups is 2. The van der Waals surface area contributed by atoms with Crippen molar-refractivity contribution in [2.75, 3.05) is 26.8 Å². The van der Waals surface area contributed by atoms with Crippen LogP contribution in [0.4, 0.5) is 10.1 Å². The van der Waals surface area contributed by atoms with Gasteiger partial charge in [0.1, 0.15) is 29.3 Å². The number of esters is 2. The quantitative estimate of drug-likeness (QED) is 0.184. The second-order valence-electron chi connectivity index (χ2n) is 12.0. The number of aliphatic hydroxyl groups is 2. The summed E-state index contributed by atoms with van der Waals surface area (Å²) in [7, 11) is -4.77. The first-order valence-corrected chi connectivity index (χ1v) is 14.4. The molecule has 5 atom stereocenters. The number of hydrogen-bond acceptors (Lipinski definition) is 14. The molecule has 3 rings (SSSR count). The number of phosphoric acid groups is 1. The van der Waals surface area contributed by atoms with Crippen LogP contribution < -0.4 is 5.56 Å². The molecule has 0 saturated carbocycles. The van der Waals surface area contributed by atoms with E-state index >= 15 is 4.39 Å². The summed E-state index contributed by atoms with van der Waals surface area (Å²) in [5.74, 6) is -2.18. The van der Waals surface area contributed by atoms with Crippen LogP contribution in [0.25, 0.3) is 0 Å². The van der Waals surface area contributed by atoms with Gasteiger partial charge in [0, 0.05) is 6.21 Å². The summed E-state index contributed by atoms with van der Waals surface area (Å²) in [4.78, 5) is 47.1. The molecule has 0 spiro atoms. The fourth-order valence-corrected chi connectivity index (χ4v) is 4.85. The Balaban J connectivity index is 1.78. The largest absolute Gasteiger partial charge is 0.480 e. The minimum atomic E-state index is -4.77. The van der Waals surface area contributed by atoms with Crippen LogP contribution in [-0.2, 0) is 41.9 Å². The molecule has 0 radical (unpaired) electrons. The van der Waals surface area contributed by atoms with Crippen molar-refractivity contribution in [3.05, 3.63) is 21.9 Å². The van der Waals surface area contributed by atoms with Crippen molar-refractivity contribution in [1.29, 1.82) is 0 Å². The van der Waals surface area contributed by atoms with Gasteiger partial charge in [-0.1, -0.05) is 0 Å². The van der Waals surface area contributed by atoms with Gasteiger partial charge in [-0.05, 0) is 48.5 Å². The lowest BCUT2D eigenvalue weighted by molar-refractivity contribution is -0.165. The molecule has 17 heteroatoms. The minimum absolute atomic E-state index is 0.0467. The first-order valence-electron chi connectivity index (χ1n) is 13.0. The minimum Gasteiger partial charge on any atom is -0.437 e. The van der Waals surface area contributed by atoms with Crippen LogP contribution in [0.5, 0.6) is 0 Å². The Labute approximate surface area is 241 Å². The van der Waals surface area contributed by atoms with E-state index in [-0.39, 0.29) is 17.2 Å². The van der Waals surface area contributed by atoms with Gasteiger partial charge in [0.05, 0.1) is 35.7 Å². The molecule has 236 valence electrons. The van der Waals surface area contributed by atoms with E-state index in [1.165, 1.54) is 13.1 Å². The van der Waals surface area contributed by atoms with Gasteiger partial charge in [0.15, 0.2) is 6.17 Å². The highest BCUT2D eigenvalue weighted by atomic mass is 31.2. The van der Waals surface area contributed by atoms with Crippen molar-refractivity contribution >= 4 is 31.7 Å².